The zero-order chi connectivity index (χ0) is 23.5. The van der Waals surface area contributed by atoms with Gasteiger partial charge in [0.1, 0.15) is 0 Å². The Hall–Kier alpha value is -2.87. The Morgan fingerprint density at radius 3 is 2.19 bits per heavy atom. The number of aryl methyl sites for hydroxylation is 2. The van der Waals surface area contributed by atoms with E-state index in [-0.39, 0.29) is 24.3 Å². The molecule has 8 heteroatoms. The lowest BCUT2D eigenvalue weighted by Gasteiger charge is -2.30. The van der Waals surface area contributed by atoms with Crippen molar-refractivity contribution < 1.29 is 22.7 Å². The average Bonchev–Trinajstić information content (AvgIpc) is 2.78. The molecule has 1 saturated heterocycles. The van der Waals surface area contributed by atoms with Crippen LogP contribution in [-0.2, 0) is 26.1 Å². The van der Waals surface area contributed by atoms with Gasteiger partial charge in [0.2, 0.25) is 10.0 Å². The van der Waals surface area contributed by atoms with Crippen molar-refractivity contribution >= 4 is 27.6 Å². The second-order valence-corrected chi connectivity index (χ2v) is 10.2. The number of amides is 1. The number of nitrogens with zero attached hydrogens (tertiary/aromatic N) is 2. The number of rotatable bonds is 6. The Morgan fingerprint density at radius 1 is 1.03 bits per heavy atom. The number of hydrogen-bond acceptors (Lipinski definition) is 5. The Balaban J connectivity index is 1.71. The predicted molar refractivity (Wildman–Crippen MR) is 124 cm³/mol. The predicted octanol–water partition coefficient (Wildman–Crippen LogP) is 3.29. The zero-order valence-electron chi connectivity index (χ0n) is 19.0. The minimum atomic E-state index is -3.48. The fourth-order valence-electron chi connectivity index (χ4n) is 3.87. The van der Waals surface area contributed by atoms with Crippen molar-refractivity contribution in [1.82, 2.24) is 4.90 Å². The summed E-state index contributed by atoms with van der Waals surface area (Å²) in [5.74, 6) is -0.464. The molecule has 0 aliphatic carbocycles. The van der Waals surface area contributed by atoms with Crippen molar-refractivity contribution in [2.24, 2.45) is 5.92 Å². The van der Waals surface area contributed by atoms with Crippen molar-refractivity contribution in [3.8, 4) is 0 Å². The first kappa shape index (κ1) is 23.8. The first-order valence-corrected chi connectivity index (χ1v) is 12.5. The topological polar surface area (TPSA) is 84.0 Å². The third kappa shape index (κ3) is 5.48. The summed E-state index contributed by atoms with van der Waals surface area (Å²) in [6.07, 6.45) is 2.38. The Bertz CT molecular complexity index is 1090. The molecule has 1 heterocycles. The maximum absolute atomic E-state index is 12.8. The molecule has 0 N–H and O–H groups in total. The molecule has 1 aliphatic rings. The van der Waals surface area contributed by atoms with Crippen molar-refractivity contribution in [3.05, 3.63) is 64.7 Å². The number of carbonyl (C=O) groups is 2. The van der Waals surface area contributed by atoms with Crippen LogP contribution in [0.3, 0.4) is 0 Å². The van der Waals surface area contributed by atoms with Crippen LogP contribution in [0, 0.1) is 19.8 Å². The van der Waals surface area contributed by atoms with E-state index < -0.39 is 10.0 Å². The molecule has 1 aliphatic heterocycles. The summed E-state index contributed by atoms with van der Waals surface area (Å²) in [6, 6.07) is 12.6. The van der Waals surface area contributed by atoms with E-state index in [9.17, 15) is 18.0 Å². The van der Waals surface area contributed by atoms with Gasteiger partial charge in [0, 0.05) is 18.7 Å². The highest BCUT2D eigenvalue weighted by Crippen LogP contribution is 2.24. The second kappa shape index (κ2) is 9.73. The summed E-state index contributed by atoms with van der Waals surface area (Å²) >= 11 is 0. The highest BCUT2D eigenvalue weighted by Gasteiger charge is 2.28. The van der Waals surface area contributed by atoms with Crippen molar-refractivity contribution in [2.75, 3.05) is 30.8 Å². The van der Waals surface area contributed by atoms with Crippen LogP contribution in [0.5, 0.6) is 0 Å². The summed E-state index contributed by atoms with van der Waals surface area (Å²) in [6.45, 7) is 5.13. The first-order chi connectivity index (χ1) is 15.1. The molecule has 2 aromatic carbocycles. The molecule has 0 spiro atoms. The van der Waals surface area contributed by atoms with Crippen molar-refractivity contribution in [2.45, 2.75) is 33.2 Å². The summed E-state index contributed by atoms with van der Waals surface area (Å²) < 4.78 is 31.0. The molecule has 32 heavy (non-hydrogen) atoms. The normalized spacial score (nSPS) is 14.8. The number of ether oxygens (including phenoxy) is 1. The number of piperidine rings is 1. The first-order valence-electron chi connectivity index (χ1n) is 10.6. The monoisotopic (exact) mass is 458 g/mol. The highest BCUT2D eigenvalue weighted by molar-refractivity contribution is 7.92. The summed E-state index contributed by atoms with van der Waals surface area (Å²) in [5, 5.41) is 0. The number of likely N-dealkylation sites (tertiary alicyclic amines) is 1. The molecule has 1 fully saturated rings. The third-order valence-electron chi connectivity index (χ3n) is 6.02. The molecule has 7 nitrogen and oxygen atoms in total. The van der Waals surface area contributed by atoms with Gasteiger partial charge in [0.05, 0.1) is 31.5 Å². The van der Waals surface area contributed by atoms with Gasteiger partial charge in [-0.25, -0.2) is 8.42 Å². The van der Waals surface area contributed by atoms with Gasteiger partial charge in [-0.2, -0.15) is 0 Å². The van der Waals surface area contributed by atoms with E-state index >= 15 is 0 Å². The van der Waals surface area contributed by atoms with Gasteiger partial charge in [-0.05, 0) is 67.6 Å². The van der Waals surface area contributed by atoms with Crippen LogP contribution in [0.2, 0.25) is 0 Å². The van der Waals surface area contributed by atoms with Crippen LogP contribution in [0.1, 0.15) is 39.9 Å². The Kier molecular flexibility index (Phi) is 7.23. The second-order valence-electron chi connectivity index (χ2n) is 8.32. The number of methoxy groups -OCH3 is 1. The van der Waals surface area contributed by atoms with Crippen LogP contribution in [0.4, 0.5) is 5.69 Å². The molecule has 172 valence electrons. The lowest BCUT2D eigenvalue weighted by molar-refractivity contribution is -0.146. The van der Waals surface area contributed by atoms with Crippen LogP contribution >= 0.6 is 0 Å². The van der Waals surface area contributed by atoms with Gasteiger partial charge in [-0.3, -0.25) is 13.9 Å². The van der Waals surface area contributed by atoms with E-state index in [1.807, 2.05) is 26.0 Å². The number of benzene rings is 2. The van der Waals surface area contributed by atoms with Gasteiger partial charge in [-0.15, -0.1) is 0 Å². The molecule has 0 saturated carbocycles. The minimum absolute atomic E-state index is 0.0889. The standard InChI is InChI=1S/C24H30N2O5S/c1-17-5-10-22(15-18(17)2)26(32(4,29)30)16-19-6-8-20(9-7-19)23(27)25-13-11-21(12-14-25)24(28)31-3/h5-10,15,21H,11-14,16H2,1-4H3. The van der Waals surface area contributed by atoms with E-state index in [2.05, 4.69) is 0 Å². The molecular weight excluding hydrogens is 428 g/mol. The van der Waals surface area contributed by atoms with Crippen LogP contribution in [0.15, 0.2) is 42.5 Å². The smallest absolute Gasteiger partial charge is 0.308 e. The lowest BCUT2D eigenvalue weighted by atomic mass is 9.96. The van der Waals surface area contributed by atoms with Gasteiger partial charge >= 0.3 is 5.97 Å². The molecule has 0 unspecified atom stereocenters. The van der Waals surface area contributed by atoms with Crippen LogP contribution in [0.25, 0.3) is 0 Å². The number of sulfonamides is 1. The Labute approximate surface area is 190 Å². The van der Waals surface area contributed by atoms with E-state index in [4.69, 9.17) is 4.74 Å². The van der Waals surface area contributed by atoms with E-state index in [0.29, 0.717) is 37.2 Å². The largest absolute Gasteiger partial charge is 0.469 e. The molecule has 2 aromatic rings. The minimum Gasteiger partial charge on any atom is -0.469 e. The molecular formula is C24H30N2O5S. The fraction of sp³-hybridized carbons (Fsp3) is 0.417. The lowest BCUT2D eigenvalue weighted by Crippen LogP contribution is -2.40. The number of carbonyl (C=O) groups excluding carboxylic acids is 2. The van der Waals surface area contributed by atoms with Gasteiger partial charge in [0.15, 0.2) is 0 Å². The molecule has 0 aromatic heterocycles. The fourth-order valence-corrected chi connectivity index (χ4v) is 4.75. The SMILES string of the molecule is COC(=O)C1CCN(C(=O)c2ccc(CN(c3ccc(C)c(C)c3)S(C)(=O)=O)cc2)CC1. The van der Waals surface area contributed by atoms with E-state index in [1.165, 1.54) is 17.7 Å². The van der Waals surface area contributed by atoms with Crippen LogP contribution in [-0.4, -0.2) is 51.6 Å². The van der Waals surface area contributed by atoms with Crippen molar-refractivity contribution in [3.63, 3.8) is 0 Å². The Morgan fingerprint density at radius 2 is 1.66 bits per heavy atom. The molecule has 0 bridgehead atoms. The maximum Gasteiger partial charge on any atom is 0.308 e. The summed E-state index contributed by atoms with van der Waals surface area (Å²) in [4.78, 5) is 26.2. The average molecular weight is 459 g/mol. The number of anilines is 1. The van der Waals surface area contributed by atoms with E-state index in [0.717, 1.165) is 16.7 Å². The van der Waals surface area contributed by atoms with Gasteiger partial charge in [-0.1, -0.05) is 18.2 Å². The molecule has 1 amide bonds. The maximum atomic E-state index is 12.8. The van der Waals surface area contributed by atoms with Gasteiger partial charge in [0.25, 0.3) is 5.91 Å². The third-order valence-corrected chi connectivity index (χ3v) is 7.16. The quantitative estimate of drug-likeness (QED) is 0.620. The molecule has 3 rings (SSSR count). The molecule has 0 atom stereocenters. The van der Waals surface area contributed by atoms with E-state index in [1.54, 1.807) is 35.2 Å². The van der Waals surface area contributed by atoms with Crippen molar-refractivity contribution in [1.29, 1.82) is 0 Å². The zero-order valence-corrected chi connectivity index (χ0v) is 19.8. The number of hydrogen-bond donors (Lipinski definition) is 0. The summed E-state index contributed by atoms with van der Waals surface area (Å²) in [7, 11) is -2.10. The highest BCUT2D eigenvalue weighted by atomic mass is 32.2. The summed E-state index contributed by atoms with van der Waals surface area (Å²) in [5.41, 5.74) is 4.06. The number of esters is 1. The van der Waals surface area contributed by atoms with Gasteiger partial charge < -0.3 is 9.64 Å². The van der Waals surface area contributed by atoms with Crippen LogP contribution < -0.4 is 4.31 Å². The molecule has 0 radical (unpaired) electrons.